The lowest BCUT2D eigenvalue weighted by molar-refractivity contribution is 0.0952. The number of fused-ring (bicyclic) bond motifs is 1. The zero-order chi connectivity index (χ0) is 20.2. The van der Waals surface area contributed by atoms with Crippen molar-refractivity contribution in [2.24, 2.45) is 0 Å². The molecule has 4 rings (SSSR count). The summed E-state index contributed by atoms with van der Waals surface area (Å²) in [6.07, 6.45) is 1.47. The highest BCUT2D eigenvalue weighted by Gasteiger charge is 2.15. The minimum atomic E-state index is -0.344. The van der Waals surface area contributed by atoms with Crippen molar-refractivity contribution in [3.05, 3.63) is 89.2 Å². The third-order valence-electron chi connectivity index (χ3n) is 4.58. The molecule has 0 aliphatic heterocycles. The highest BCUT2D eigenvalue weighted by Crippen LogP contribution is 2.19. The highest BCUT2D eigenvalue weighted by molar-refractivity contribution is 6.09. The van der Waals surface area contributed by atoms with E-state index < -0.39 is 0 Å². The summed E-state index contributed by atoms with van der Waals surface area (Å²) < 4.78 is 0. The number of nitrogens with one attached hydrogen (secondary N) is 3. The quantitative estimate of drug-likeness (QED) is 0.490. The van der Waals surface area contributed by atoms with E-state index in [1.807, 2.05) is 37.3 Å². The lowest BCUT2D eigenvalue weighted by atomic mass is 10.1. The normalized spacial score (nSPS) is 10.7. The third-order valence-corrected chi connectivity index (χ3v) is 4.58. The maximum atomic E-state index is 12.7. The Hall–Kier alpha value is -4.00. The van der Waals surface area contributed by atoms with Gasteiger partial charge in [-0.1, -0.05) is 42.5 Å². The summed E-state index contributed by atoms with van der Waals surface area (Å²) in [4.78, 5) is 29.6. The number of H-pyrrole nitrogens is 1. The molecule has 29 heavy (non-hydrogen) atoms. The molecule has 2 aromatic heterocycles. The number of rotatable bonds is 5. The molecule has 7 nitrogen and oxygen atoms in total. The van der Waals surface area contributed by atoms with Crippen molar-refractivity contribution < 1.29 is 9.59 Å². The molecule has 0 saturated heterocycles. The number of carbonyl (C=O) groups excluding carboxylic acids is 2. The van der Waals surface area contributed by atoms with Gasteiger partial charge in [0.2, 0.25) is 0 Å². The maximum absolute atomic E-state index is 12.7. The largest absolute Gasteiger partial charge is 0.348 e. The molecule has 0 aliphatic carbocycles. The van der Waals surface area contributed by atoms with E-state index in [1.54, 1.807) is 30.3 Å². The fourth-order valence-corrected chi connectivity index (χ4v) is 3.00. The lowest BCUT2D eigenvalue weighted by Gasteiger charge is -2.11. The molecule has 144 valence electrons. The summed E-state index contributed by atoms with van der Waals surface area (Å²) >= 11 is 0. The molecule has 0 fully saturated rings. The zero-order valence-corrected chi connectivity index (χ0v) is 15.8. The standard InChI is InChI=1S/C22H19N5O2/c1-14-18-11-16(13-23-20(18)27-26-14)21(28)25-19-10-6-5-9-17(19)22(29)24-12-15-7-3-2-4-8-15/h2-11,13H,12H2,1H3,(H,24,29)(H,25,28)(H,23,26,27). The van der Waals surface area contributed by atoms with Crippen LogP contribution in [0.3, 0.4) is 0 Å². The minimum absolute atomic E-state index is 0.260. The number of aromatic amines is 1. The van der Waals surface area contributed by atoms with Gasteiger partial charge in [0.15, 0.2) is 5.65 Å². The van der Waals surface area contributed by atoms with Crippen LogP contribution in [0.15, 0.2) is 66.9 Å². The molecular weight excluding hydrogens is 366 g/mol. The van der Waals surface area contributed by atoms with E-state index in [9.17, 15) is 9.59 Å². The molecule has 7 heteroatoms. The second-order valence-corrected chi connectivity index (χ2v) is 6.61. The first-order chi connectivity index (χ1) is 14.1. The molecule has 0 spiro atoms. The number of hydrogen-bond donors (Lipinski definition) is 3. The topological polar surface area (TPSA) is 99.8 Å². The van der Waals surface area contributed by atoms with Gasteiger partial charge >= 0.3 is 0 Å². The van der Waals surface area contributed by atoms with Crippen LogP contribution in [-0.4, -0.2) is 27.0 Å². The second-order valence-electron chi connectivity index (χ2n) is 6.61. The van der Waals surface area contributed by atoms with Crippen LogP contribution in [0.25, 0.3) is 11.0 Å². The predicted octanol–water partition coefficient (Wildman–Crippen LogP) is 3.45. The number of amides is 2. The fourth-order valence-electron chi connectivity index (χ4n) is 3.00. The van der Waals surface area contributed by atoms with Gasteiger partial charge in [-0.05, 0) is 30.7 Å². The van der Waals surface area contributed by atoms with E-state index in [0.29, 0.717) is 29.0 Å². The van der Waals surface area contributed by atoms with E-state index in [4.69, 9.17) is 0 Å². The smallest absolute Gasteiger partial charge is 0.257 e. The first-order valence-corrected chi connectivity index (χ1v) is 9.15. The number of nitrogens with zero attached hydrogens (tertiary/aromatic N) is 2. The molecule has 3 N–H and O–H groups in total. The van der Waals surface area contributed by atoms with Gasteiger partial charge in [-0.3, -0.25) is 14.7 Å². The monoisotopic (exact) mass is 385 g/mol. The van der Waals surface area contributed by atoms with Crippen molar-refractivity contribution >= 4 is 28.5 Å². The zero-order valence-electron chi connectivity index (χ0n) is 15.8. The van der Waals surface area contributed by atoms with E-state index in [2.05, 4.69) is 25.8 Å². The van der Waals surface area contributed by atoms with Gasteiger partial charge in [0, 0.05) is 23.8 Å². The van der Waals surface area contributed by atoms with Gasteiger partial charge in [0.1, 0.15) is 0 Å². The van der Waals surface area contributed by atoms with Crippen LogP contribution < -0.4 is 10.6 Å². The molecule has 2 aromatic carbocycles. The molecule has 0 saturated carbocycles. The molecule has 0 atom stereocenters. The molecule has 0 radical (unpaired) electrons. The molecular formula is C22H19N5O2. The van der Waals surface area contributed by atoms with Crippen molar-refractivity contribution in [2.45, 2.75) is 13.5 Å². The Kier molecular flexibility index (Phi) is 5.03. The second kappa shape index (κ2) is 7.93. The SMILES string of the molecule is Cc1[nH]nc2ncc(C(=O)Nc3ccccc3C(=O)NCc3ccccc3)cc12. The number of aromatic nitrogens is 3. The fraction of sp³-hybridized carbons (Fsp3) is 0.0909. The summed E-state index contributed by atoms with van der Waals surface area (Å²) in [6.45, 7) is 2.27. The average molecular weight is 385 g/mol. The lowest BCUT2D eigenvalue weighted by Crippen LogP contribution is -2.24. The Labute approximate surface area is 167 Å². The Morgan fingerprint density at radius 3 is 2.59 bits per heavy atom. The first-order valence-electron chi connectivity index (χ1n) is 9.15. The Balaban J connectivity index is 1.52. The van der Waals surface area contributed by atoms with Gasteiger partial charge in [-0.15, -0.1) is 0 Å². The number of para-hydroxylation sites is 1. The van der Waals surface area contributed by atoms with Crippen LogP contribution in [0.5, 0.6) is 0 Å². The van der Waals surface area contributed by atoms with Gasteiger partial charge in [-0.25, -0.2) is 4.98 Å². The predicted molar refractivity (Wildman–Crippen MR) is 111 cm³/mol. The van der Waals surface area contributed by atoms with E-state index >= 15 is 0 Å². The number of anilines is 1. The number of aryl methyl sites for hydroxylation is 1. The van der Waals surface area contributed by atoms with Gasteiger partial charge in [0.05, 0.1) is 16.8 Å². The highest BCUT2D eigenvalue weighted by atomic mass is 16.2. The van der Waals surface area contributed by atoms with Crippen molar-refractivity contribution in [2.75, 3.05) is 5.32 Å². The third kappa shape index (κ3) is 3.98. The van der Waals surface area contributed by atoms with Crippen LogP contribution in [0.1, 0.15) is 32.0 Å². The molecule has 2 amide bonds. The van der Waals surface area contributed by atoms with Gasteiger partial charge < -0.3 is 10.6 Å². The van der Waals surface area contributed by atoms with Crippen LogP contribution in [-0.2, 0) is 6.54 Å². The van der Waals surface area contributed by atoms with Gasteiger partial charge in [0.25, 0.3) is 11.8 Å². The summed E-state index contributed by atoms with van der Waals surface area (Å²) in [5.41, 5.74) is 3.61. The summed E-state index contributed by atoms with van der Waals surface area (Å²) in [5.74, 6) is -0.604. The number of hydrogen-bond acceptors (Lipinski definition) is 4. The van der Waals surface area contributed by atoms with Crippen LogP contribution in [0.4, 0.5) is 5.69 Å². The van der Waals surface area contributed by atoms with Crippen molar-refractivity contribution in [1.82, 2.24) is 20.5 Å². The summed E-state index contributed by atoms with van der Waals surface area (Å²) in [6, 6.07) is 18.3. The molecule has 0 bridgehead atoms. The Morgan fingerprint density at radius 2 is 1.76 bits per heavy atom. The van der Waals surface area contributed by atoms with E-state index in [1.165, 1.54) is 6.20 Å². The molecule has 0 unspecified atom stereocenters. The summed E-state index contributed by atoms with van der Waals surface area (Å²) in [7, 11) is 0. The number of pyridine rings is 1. The van der Waals surface area contributed by atoms with Crippen molar-refractivity contribution in [1.29, 1.82) is 0 Å². The molecule has 0 aliphatic rings. The molecule has 2 heterocycles. The summed E-state index contributed by atoms with van der Waals surface area (Å²) in [5, 5.41) is 13.4. The van der Waals surface area contributed by atoms with Crippen LogP contribution >= 0.6 is 0 Å². The maximum Gasteiger partial charge on any atom is 0.257 e. The van der Waals surface area contributed by atoms with E-state index in [0.717, 1.165) is 16.6 Å². The van der Waals surface area contributed by atoms with Crippen LogP contribution in [0, 0.1) is 6.92 Å². The average Bonchev–Trinajstić information content (AvgIpc) is 3.13. The number of carbonyl (C=O) groups is 2. The van der Waals surface area contributed by atoms with Crippen molar-refractivity contribution in [3.63, 3.8) is 0 Å². The Morgan fingerprint density at radius 1 is 1.00 bits per heavy atom. The van der Waals surface area contributed by atoms with E-state index in [-0.39, 0.29) is 11.8 Å². The number of benzene rings is 2. The van der Waals surface area contributed by atoms with Gasteiger partial charge in [-0.2, -0.15) is 5.10 Å². The minimum Gasteiger partial charge on any atom is -0.348 e. The van der Waals surface area contributed by atoms with Crippen LogP contribution in [0.2, 0.25) is 0 Å². The Bertz CT molecular complexity index is 1180. The molecule has 4 aromatic rings. The van der Waals surface area contributed by atoms with Crippen molar-refractivity contribution in [3.8, 4) is 0 Å². The first kappa shape index (κ1) is 18.4.